The van der Waals surface area contributed by atoms with Crippen molar-refractivity contribution in [1.29, 1.82) is 0 Å². The van der Waals surface area contributed by atoms with Crippen LogP contribution in [0.5, 0.6) is 5.75 Å². The molecule has 0 aromatic heterocycles. The van der Waals surface area contributed by atoms with Crippen LogP contribution < -0.4 is 15.4 Å². The van der Waals surface area contributed by atoms with E-state index in [0.717, 1.165) is 29.0 Å². The predicted octanol–water partition coefficient (Wildman–Crippen LogP) is 4.61. The Balaban J connectivity index is 1.55. The molecule has 3 aromatic rings. The number of amides is 2. The Morgan fingerprint density at radius 1 is 0.848 bits per heavy atom. The van der Waals surface area contributed by atoms with Gasteiger partial charge in [0.1, 0.15) is 35.6 Å². The molecular formula is C26H26F2N2O3. The first kappa shape index (κ1) is 23.9. The minimum atomic E-state index is -0.980. The number of hydrogen-bond donors (Lipinski definition) is 2. The standard InChI is InChI=1S/C26H26F2N2O3/c1-17(2)24(30-25(31)23-21(27)9-6-10-22(23)28)26(32)29-15-18-11-13-19(14-12-18)16-33-20-7-4-3-5-8-20/h3-14,17,24H,15-16H2,1-2H3,(H,29,32)(H,30,31)/t24-/m0/s1. The molecule has 0 aliphatic rings. The molecule has 0 unspecified atom stereocenters. The Morgan fingerprint density at radius 3 is 2.06 bits per heavy atom. The molecule has 3 rings (SSSR count). The summed E-state index contributed by atoms with van der Waals surface area (Å²) in [6, 6.07) is 19.3. The van der Waals surface area contributed by atoms with Crippen molar-refractivity contribution in [1.82, 2.24) is 10.6 Å². The van der Waals surface area contributed by atoms with Gasteiger partial charge in [0.15, 0.2) is 0 Å². The van der Waals surface area contributed by atoms with Crippen LogP contribution in [0.3, 0.4) is 0 Å². The lowest BCUT2D eigenvalue weighted by molar-refractivity contribution is -0.124. The third kappa shape index (κ3) is 6.62. The number of ether oxygens (including phenoxy) is 1. The first-order valence-corrected chi connectivity index (χ1v) is 10.6. The zero-order valence-corrected chi connectivity index (χ0v) is 18.5. The van der Waals surface area contributed by atoms with Crippen molar-refractivity contribution in [3.05, 3.63) is 101 Å². The molecule has 0 aliphatic carbocycles. The van der Waals surface area contributed by atoms with Gasteiger partial charge in [0, 0.05) is 6.54 Å². The second-order valence-corrected chi connectivity index (χ2v) is 7.93. The fourth-order valence-electron chi connectivity index (χ4n) is 3.20. The molecule has 0 bridgehead atoms. The number of para-hydroxylation sites is 1. The van der Waals surface area contributed by atoms with Gasteiger partial charge >= 0.3 is 0 Å². The van der Waals surface area contributed by atoms with Gasteiger partial charge in [0.05, 0.1) is 0 Å². The van der Waals surface area contributed by atoms with E-state index in [1.807, 2.05) is 54.6 Å². The number of hydrogen-bond acceptors (Lipinski definition) is 3. The summed E-state index contributed by atoms with van der Waals surface area (Å²) in [5.74, 6) is -2.88. The molecule has 0 radical (unpaired) electrons. The van der Waals surface area contributed by atoms with Gasteiger partial charge in [-0.1, -0.05) is 62.4 Å². The maximum absolute atomic E-state index is 13.9. The lowest BCUT2D eigenvalue weighted by Gasteiger charge is -2.22. The second kappa shape index (κ2) is 11.2. The lowest BCUT2D eigenvalue weighted by atomic mass is 10.0. The van der Waals surface area contributed by atoms with Gasteiger partial charge < -0.3 is 15.4 Å². The Morgan fingerprint density at radius 2 is 1.45 bits per heavy atom. The van der Waals surface area contributed by atoms with E-state index in [1.54, 1.807) is 13.8 Å². The smallest absolute Gasteiger partial charge is 0.257 e. The molecule has 0 fully saturated rings. The molecule has 0 spiro atoms. The number of carbonyl (C=O) groups is 2. The highest BCUT2D eigenvalue weighted by atomic mass is 19.1. The third-order valence-electron chi connectivity index (χ3n) is 5.06. The highest BCUT2D eigenvalue weighted by Crippen LogP contribution is 2.14. The van der Waals surface area contributed by atoms with Crippen LogP contribution in [0.4, 0.5) is 8.78 Å². The van der Waals surface area contributed by atoms with Gasteiger partial charge in [-0.2, -0.15) is 0 Å². The van der Waals surface area contributed by atoms with Crippen molar-refractivity contribution < 1.29 is 23.1 Å². The molecule has 33 heavy (non-hydrogen) atoms. The van der Waals surface area contributed by atoms with E-state index in [9.17, 15) is 18.4 Å². The SMILES string of the molecule is CC(C)[C@H](NC(=O)c1c(F)cccc1F)C(=O)NCc1ccc(COc2ccccc2)cc1. The average molecular weight is 453 g/mol. The second-order valence-electron chi connectivity index (χ2n) is 7.93. The fourth-order valence-corrected chi connectivity index (χ4v) is 3.20. The monoisotopic (exact) mass is 452 g/mol. The van der Waals surface area contributed by atoms with Crippen molar-refractivity contribution in [2.75, 3.05) is 0 Å². The molecule has 7 heteroatoms. The number of benzene rings is 3. The van der Waals surface area contributed by atoms with E-state index >= 15 is 0 Å². The molecule has 2 N–H and O–H groups in total. The molecule has 172 valence electrons. The summed E-state index contributed by atoms with van der Waals surface area (Å²) >= 11 is 0. The largest absolute Gasteiger partial charge is 0.489 e. The van der Waals surface area contributed by atoms with E-state index in [-0.39, 0.29) is 12.5 Å². The molecule has 1 atom stereocenters. The topological polar surface area (TPSA) is 67.4 Å². The summed E-state index contributed by atoms with van der Waals surface area (Å²) in [7, 11) is 0. The molecule has 5 nitrogen and oxygen atoms in total. The lowest BCUT2D eigenvalue weighted by Crippen LogP contribution is -2.49. The van der Waals surface area contributed by atoms with Crippen LogP contribution >= 0.6 is 0 Å². The summed E-state index contributed by atoms with van der Waals surface area (Å²) in [6.07, 6.45) is 0. The maximum atomic E-state index is 13.9. The molecule has 0 heterocycles. The molecular weight excluding hydrogens is 426 g/mol. The zero-order chi connectivity index (χ0) is 23.8. The Labute approximate surface area is 191 Å². The van der Waals surface area contributed by atoms with E-state index in [1.165, 1.54) is 6.07 Å². The maximum Gasteiger partial charge on any atom is 0.257 e. The van der Waals surface area contributed by atoms with Crippen molar-refractivity contribution >= 4 is 11.8 Å². The van der Waals surface area contributed by atoms with Crippen molar-refractivity contribution in [2.24, 2.45) is 5.92 Å². The molecule has 0 aliphatic heterocycles. The van der Waals surface area contributed by atoms with Crippen molar-refractivity contribution in [2.45, 2.75) is 33.0 Å². The summed E-state index contributed by atoms with van der Waals surface area (Å²) in [6.45, 7) is 4.14. The van der Waals surface area contributed by atoms with Crippen molar-refractivity contribution in [3.8, 4) is 5.75 Å². The van der Waals surface area contributed by atoms with E-state index in [2.05, 4.69) is 10.6 Å². The molecule has 2 amide bonds. The zero-order valence-electron chi connectivity index (χ0n) is 18.5. The third-order valence-corrected chi connectivity index (χ3v) is 5.06. The van der Waals surface area contributed by atoms with Crippen LogP contribution in [0.25, 0.3) is 0 Å². The number of halogens is 2. The highest BCUT2D eigenvalue weighted by molar-refractivity contribution is 5.98. The van der Waals surface area contributed by atoms with Gasteiger partial charge in [-0.05, 0) is 41.3 Å². The van der Waals surface area contributed by atoms with Gasteiger partial charge in [0.25, 0.3) is 5.91 Å². The normalized spacial score (nSPS) is 11.7. The Hall–Kier alpha value is -3.74. The highest BCUT2D eigenvalue weighted by Gasteiger charge is 2.27. The number of carbonyl (C=O) groups excluding carboxylic acids is 2. The molecule has 0 saturated heterocycles. The van der Waals surface area contributed by atoms with E-state index < -0.39 is 35.1 Å². The van der Waals surface area contributed by atoms with Crippen LogP contribution in [-0.2, 0) is 17.9 Å². The summed E-state index contributed by atoms with van der Waals surface area (Å²) in [4.78, 5) is 25.1. The fraction of sp³-hybridized carbons (Fsp3) is 0.231. The van der Waals surface area contributed by atoms with Gasteiger partial charge in [0.2, 0.25) is 5.91 Å². The van der Waals surface area contributed by atoms with Crippen LogP contribution in [0, 0.1) is 17.6 Å². The van der Waals surface area contributed by atoms with Gasteiger partial charge in [-0.25, -0.2) is 8.78 Å². The van der Waals surface area contributed by atoms with E-state index in [0.29, 0.717) is 6.61 Å². The Bertz CT molecular complexity index is 1070. The van der Waals surface area contributed by atoms with Gasteiger partial charge in [-0.15, -0.1) is 0 Å². The first-order chi connectivity index (χ1) is 15.8. The van der Waals surface area contributed by atoms with Crippen LogP contribution in [-0.4, -0.2) is 17.9 Å². The molecule has 3 aromatic carbocycles. The minimum absolute atomic E-state index is 0.242. The minimum Gasteiger partial charge on any atom is -0.489 e. The Kier molecular flexibility index (Phi) is 8.13. The average Bonchev–Trinajstić information content (AvgIpc) is 2.80. The predicted molar refractivity (Wildman–Crippen MR) is 122 cm³/mol. The number of nitrogens with one attached hydrogen (secondary N) is 2. The summed E-state index contributed by atoms with van der Waals surface area (Å²) in [5, 5.41) is 5.22. The summed E-state index contributed by atoms with van der Waals surface area (Å²) < 4.78 is 33.5. The molecule has 0 saturated carbocycles. The quantitative estimate of drug-likeness (QED) is 0.498. The van der Waals surface area contributed by atoms with Crippen LogP contribution in [0.1, 0.15) is 35.3 Å². The van der Waals surface area contributed by atoms with E-state index in [4.69, 9.17) is 4.74 Å². The first-order valence-electron chi connectivity index (χ1n) is 10.6. The van der Waals surface area contributed by atoms with Crippen LogP contribution in [0.15, 0.2) is 72.8 Å². The van der Waals surface area contributed by atoms with Crippen molar-refractivity contribution in [3.63, 3.8) is 0 Å². The van der Waals surface area contributed by atoms with Gasteiger partial charge in [-0.3, -0.25) is 9.59 Å². The number of rotatable bonds is 9. The summed E-state index contributed by atoms with van der Waals surface area (Å²) in [5.41, 5.74) is 1.14. The van der Waals surface area contributed by atoms with Crippen LogP contribution in [0.2, 0.25) is 0 Å².